The molecule has 0 bridgehead atoms. The second-order valence-corrected chi connectivity index (χ2v) is 2.37. The van der Waals surface area contributed by atoms with E-state index in [0.29, 0.717) is 6.67 Å². The van der Waals surface area contributed by atoms with Crippen molar-refractivity contribution >= 4 is 11.4 Å². The summed E-state index contributed by atoms with van der Waals surface area (Å²) < 4.78 is 0. The Morgan fingerprint density at radius 1 is 1.38 bits per heavy atom. The fourth-order valence-electron chi connectivity index (χ4n) is 0.963. The Morgan fingerprint density at radius 2 is 2.00 bits per heavy atom. The summed E-state index contributed by atoms with van der Waals surface area (Å²) in [5.41, 5.74) is 3.07. The molecule has 0 unspecified atom stereocenters. The third kappa shape index (κ3) is 2.98. The van der Waals surface area contributed by atoms with Crippen LogP contribution in [0.1, 0.15) is 27.7 Å². The van der Waals surface area contributed by atoms with E-state index in [1.54, 1.807) is 6.08 Å². The van der Waals surface area contributed by atoms with E-state index in [4.69, 9.17) is 0 Å². The lowest BCUT2D eigenvalue weighted by Crippen LogP contribution is -2.08. The van der Waals surface area contributed by atoms with Crippen LogP contribution in [0.15, 0.2) is 34.3 Å². The Balaban J connectivity index is 0.000000671. The Morgan fingerprint density at radius 3 is 2.46 bits per heavy atom. The Bertz CT molecular complexity index is 257. The van der Waals surface area contributed by atoms with Gasteiger partial charge in [-0.3, -0.25) is 9.98 Å². The first-order valence-electron chi connectivity index (χ1n) is 4.64. The number of aliphatic imine (C=N–C) groups is 2. The van der Waals surface area contributed by atoms with Gasteiger partial charge in [0.2, 0.25) is 0 Å². The smallest absolute Gasteiger partial charge is 0.130 e. The molecule has 0 aromatic heterocycles. The van der Waals surface area contributed by atoms with Crippen LogP contribution in [0.3, 0.4) is 0 Å². The topological polar surface area (TPSA) is 24.7 Å². The minimum Gasteiger partial charge on any atom is -0.260 e. The second kappa shape index (κ2) is 6.35. The molecule has 1 rings (SSSR count). The Labute approximate surface area is 80.8 Å². The van der Waals surface area contributed by atoms with E-state index in [1.807, 2.05) is 33.8 Å². The van der Waals surface area contributed by atoms with Crippen LogP contribution in [-0.2, 0) is 0 Å². The molecule has 0 aromatic rings. The van der Waals surface area contributed by atoms with E-state index in [0.717, 1.165) is 11.4 Å². The van der Waals surface area contributed by atoms with Gasteiger partial charge in [-0.1, -0.05) is 26.5 Å². The highest BCUT2D eigenvalue weighted by Gasteiger charge is 2.10. The molecule has 0 fully saturated rings. The van der Waals surface area contributed by atoms with E-state index in [1.165, 1.54) is 5.57 Å². The summed E-state index contributed by atoms with van der Waals surface area (Å²) in [6.07, 6.45) is 3.78. The molecule has 1 aliphatic heterocycles. The van der Waals surface area contributed by atoms with E-state index >= 15 is 0 Å². The average Bonchev–Trinajstić information content (AvgIpc) is 2.67. The van der Waals surface area contributed by atoms with Crippen LogP contribution < -0.4 is 0 Å². The number of rotatable bonds is 2. The van der Waals surface area contributed by atoms with Crippen molar-refractivity contribution in [2.24, 2.45) is 9.98 Å². The first-order valence-corrected chi connectivity index (χ1v) is 4.64. The van der Waals surface area contributed by atoms with Crippen LogP contribution in [0, 0.1) is 0 Å². The molecular formula is C11H18N2. The molecule has 1 heterocycles. The SMILES string of the molecule is C=CC1=NCN=C1/C(C)=C\C.CC. The van der Waals surface area contributed by atoms with Gasteiger partial charge in [0.05, 0.1) is 11.4 Å². The predicted octanol–water partition coefficient (Wildman–Crippen LogP) is 3.02. The standard InChI is InChI=1S/C9H12N2.C2H6/c1-4-7(3)9-8(5-2)10-6-11-9;1-2/h4-5H,2,6H2,1,3H3;1-2H3/b7-4-;. The predicted molar refractivity (Wildman–Crippen MR) is 60.7 cm³/mol. The summed E-state index contributed by atoms with van der Waals surface area (Å²) in [4.78, 5) is 8.39. The van der Waals surface area contributed by atoms with Crippen molar-refractivity contribution in [3.05, 3.63) is 24.3 Å². The van der Waals surface area contributed by atoms with Gasteiger partial charge in [0.15, 0.2) is 0 Å². The highest BCUT2D eigenvalue weighted by Crippen LogP contribution is 2.06. The third-order valence-electron chi connectivity index (χ3n) is 1.71. The zero-order valence-electron chi connectivity index (χ0n) is 8.96. The molecule has 0 N–H and O–H groups in total. The van der Waals surface area contributed by atoms with Crippen LogP contribution in [0.2, 0.25) is 0 Å². The largest absolute Gasteiger partial charge is 0.260 e. The summed E-state index contributed by atoms with van der Waals surface area (Å²) in [7, 11) is 0. The minimum absolute atomic E-state index is 0.557. The van der Waals surface area contributed by atoms with Crippen LogP contribution >= 0.6 is 0 Å². The normalized spacial score (nSPS) is 15.5. The van der Waals surface area contributed by atoms with Gasteiger partial charge in [-0.25, -0.2) is 0 Å². The number of nitrogens with zero attached hydrogens (tertiary/aromatic N) is 2. The van der Waals surface area contributed by atoms with E-state index in [2.05, 4.69) is 16.6 Å². The molecule has 0 atom stereocenters. The molecule has 0 saturated heterocycles. The fourth-order valence-corrected chi connectivity index (χ4v) is 0.963. The molecule has 0 aliphatic carbocycles. The lowest BCUT2D eigenvalue weighted by Gasteiger charge is -1.98. The molecule has 72 valence electrons. The van der Waals surface area contributed by atoms with Crippen LogP contribution in [-0.4, -0.2) is 18.1 Å². The molecule has 0 saturated carbocycles. The van der Waals surface area contributed by atoms with Gasteiger partial charge in [0.1, 0.15) is 6.67 Å². The van der Waals surface area contributed by atoms with E-state index in [-0.39, 0.29) is 0 Å². The Kier molecular flexibility index (Phi) is 5.77. The molecule has 0 aromatic carbocycles. The molecule has 2 nitrogen and oxygen atoms in total. The van der Waals surface area contributed by atoms with Gasteiger partial charge in [-0.2, -0.15) is 0 Å². The van der Waals surface area contributed by atoms with Crippen molar-refractivity contribution in [1.29, 1.82) is 0 Å². The van der Waals surface area contributed by atoms with Gasteiger partial charge in [0.25, 0.3) is 0 Å². The lowest BCUT2D eigenvalue weighted by molar-refractivity contribution is 1.10. The first-order chi connectivity index (χ1) is 6.29. The molecule has 13 heavy (non-hydrogen) atoms. The molecule has 0 amide bonds. The van der Waals surface area contributed by atoms with Gasteiger partial charge >= 0.3 is 0 Å². The summed E-state index contributed by atoms with van der Waals surface area (Å²) in [5.74, 6) is 0. The van der Waals surface area contributed by atoms with Crippen LogP contribution in [0.4, 0.5) is 0 Å². The summed E-state index contributed by atoms with van der Waals surface area (Å²) in [6, 6.07) is 0. The van der Waals surface area contributed by atoms with Gasteiger partial charge < -0.3 is 0 Å². The molecule has 0 spiro atoms. The monoisotopic (exact) mass is 178 g/mol. The maximum absolute atomic E-state index is 4.23. The van der Waals surface area contributed by atoms with Gasteiger partial charge in [-0.05, 0) is 25.5 Å². The van der Waals surface area contributed by atoms with Crippen LogP contribution in [0.25, 0.3) is 0 Å². The maximum Gasteiger partial charge on any atom is 0.130 e. The molecule has 2 heteroatoms. The average molecular weight is 178 g/mol. The van der Waals surface area contributed by atoms with Crippen molar-refractivity contribution in [2.45, 2.75) is 27.7 Å². The summed E-state index contributed by atoms with van der Waals surface area (Å²) in [6.45, 7) is 12.3. The highest BCUT2D eigenvalue weighted by molar-refractivity contribution is 6.52. The van der Waals surface area contributed by atoms with Crippen molar-refractivity contribution in [3.63, 3.8) is 0 Å². The fraction of sp³-hybridized carbons (Fsp3) is 0.455. The second-order valence-electron chi connectivity index (χ2n) is 2.37. The number of hydrogen-bond donors (Lipinski definition) is 0. The highest BCUT2D eigenvalue weighted by atomic mass is 15.0. The van der Waals surface area contributed by atoms with E-state index < -0.39 is 0 Å². The summed E-state index contributed by atoms with van der Waals surface area (Å²) >= 11 is 0. The molecule has 0 radical (unpaired) electrons. The molecule has 1 aliphatic rings. The quantitative estimate of drug-likeness (QED) is 0.621. The first kappa shape index (κ1) is 11.8. The van der Waals surface area contributed by atoms with Crippen molar-refractivity contribution in [2.75, 3.05) is 6.67 Å². The van der Waals surface area contributed by atoms with Crippen molar-refractivity contribution in [3.8, 4) is 0 Å². The summed E-state index contributed by atoms with van der Waals surface area (Å²) in [5, 5.41) is 0. The number of hydrogen-bond acceptors (Lipinski definition) is 2. The van der Waals surface area contributed by atoms with E-state index in [9.17, 15) is 0 Å². The number of allylic oxidation sites excluding steroid dienone is 3. The van der Waals surface area contributed by atoms with Gasteiger partial charge in [0, 0.05) is 0 Å². The lowest BCUT2D eigenvalue weighted by atomic mass is 10.1. The maximum atomic E-state index is 4.23. The zero-order chi connectivity index (χ0) is 10.3. The Hall–Kier alpha value is -1.18. The minimum atomic E-state index is 0.557. The molecular weight excluding hydrogens is 160 g/mol. The van der Waals surface area contributed by atoms with Gasteiger partial charge in [-0.15, -0.1) is 0 Å². The zero-order valence-corrected chi connectivity index (χ0v) is 8.96. The van der Waals surface area contributed by atoms with Crippen molar-refractivity contribution in [1.82, 2.24) is 0 Å². The van der Waals surface area contributed by atoms with Crippen molar-refractivity contribution < 1.29 is 0 Å². The van der Waals surface area contributed by atoms with Crippen LogP contribution in [0.5, 0.6) is 0 Å². The third-order valence-corrected chi connectivity index (χ3v) is 1.71.